The van der Waals surface area contributed by atoms with Gasteiger partial charge in [-0.25, -0.2) is 4.98 Å². The van der Waals surface area contributed by atoms with Crippen LogP contribution in [-0.4, -0.2) is 57.7 Å². The molecule has 6 heteroatoms. The zero-order valence-corrected chi connectivity index (χ0v) is 13.0. The molecule has 2 N–H and O–H groups in total. The van der Waals surface area contributed by atoms with E-state index in [0.29, 0.717) is 18.3 Å². The van der Waals surface area contributed by atoms with Crippen molar-refractivity contribution in [2.75, 3.05) is 26.2 Å². The standard InChI is InChI=1S/C15H26N4O2/c1-12-14(18(2)11-17-12)15(21)16-7-5-9-19-8-4-3-6-13(19)10-20/h11,13,20H,3-10H2,1-2H3,(H,16,21). The zero-order valence-electron chi connectivity index (χ0n) is 13.0. The third-order valence-electron chi connectivity index (χ3n) is 4.20. The van der Waals surface area contributed by atoms with Crippen LogP contribution in [0.3, 0.4) is 0 Å². The van der Waals surface area contributed by atoms with Gasteiger partial charge in [0.1, 0.15) is 5.69 Å². The molecule has 0 radical (unpaired) electrons. The number of piperidine rings is 1. The first-order chi connectivity index (χ1) is 10.1. The van der Waals surface area contributed by atoms with Crippen LogP contribution in [0.4, 0.5) is 0 Å². The highest BCUT2D eigenvalue weighted by Gasteiger charge is 2.21. The van der Waals surface area contributed by atoms with E-state index in [1.165, 1.54) is 12.8 Å². The molecular weight excluding hydrogens is 268 g/mol. The third-order valence-corrected chi connectivity index (χ3v) is 4.20. The van der Waals surface area contributed by atoms with Crippen LogP contribution in [0.15, 0.2) is 6.33 Å². The Bertz CT molecular complexity index is 453. The monoisotopic (exact) mass is 294 g/mol. The van der Waals surface area contributed by atoms with Crippen molar-refractivity contribution >= 4 is 5.91 Å². The average molecular weight is 294 g/mol. The van der Waals surface area contributed by atoms with Gasteiger partial charge in [0.05, 0.1) is 18.6 Å². The van der Waals surface area contributed by atoms with E-state index in [1.54, 1.807) is 10.9 Å². The lowest BCUT2D eigenvalue weighted by atomic mass is 10.0. The minimum Gasteiger partial charge on any atom is -0.395 e. The molecular formula is C15H26N4O2. The number of nitrogens with one attached hydrogen (secondary N) is 1. The summed E-state index contributed by atoms with van der Waals surface area (Å²) in [5.74, 6) is -0.0650. The van der Waals surface area contributed by atoms with E-state index in [-0.39, 0.29) is 12.5 Å². The molecule has 6 nitrogen and oxygen atoms in total. The summed E-state index contributed by atoms with van der Waals surface area (Å²) in [6.07, 6.45) is 6.05. The summed E-state index contributed by atoms with van der Waals surface area (Å²) in [6.45, 7) is 4.71. The Balaban J connectivity index is 1.73. The summed E-state index contributed by atoms with van der Waals surface area (Å²) in [4.78, 5) is 18.6. The van der Waals surface area contributed by atoms with Crippen LogP contribution in [0.2, 0.25) is 0 Å². The van der Waals surface area contributed by atoms with Crippen LogP contribution in [0.5, 0.6) is 0 Å². The van der Waals surface area contributed by atoms with E-state index in [1.807, 2.05) is 14.0 Å². The number of aliphatic hydroxyl groups is 1. The van der Waals surface area contributed by atoms with Gasteiger partial charge in [-0.1, -0.05) is 6.42 Å². The molecule has 0 bridgehead atoms. The van der Waals surface area contributed by atoms with Crippen LogP contribution in [0.25, 0.3) is 0 Å². The van der Waals surface area contributed by atoms with E-state index in [0.717, 1.165) is 31.6 Å². The SMILES string of the molecule is Cc1ncn(C)c1C(=O)NCCCN1CCCCC1CO. The van der Waals surface area contributed by atoms with Gasteiger partial charge in [0.2, 0.25) is 0 Å². The minimum absolute atomic E-state index is 0.0650. The van der Waals surface area contributed by atoms with Crippen molar-refractivity contribution in [1.29, 1.82) is 0 Å². The molecule has 0 saturated carbocycles. The highest BCUT2D eigenvalue weighted by Crippen LogP contribution is 2.16. The summed E-state index contributed by atoms with van der Waals surface area (Å²) in [5, 5.41) is 12.3. The first-order valence-corrected chi connectivity index (χ1v) is 7.74. The van der Waals surface area contributed by atoms with Crippen molar-refractivity contribution < 1.29 is 9.90 Å². The molecule has 1 aromatic heterocycles. The largest absolute Gasteiger partial charge is 0.395 e. The Morgan fingerprint density at radius 1 is 1.52 bits per heavy atom. The molecule has 1 fully saturated rings. The second-order valence-electron chi connectivity index (χ2n) is 5.77. The summed E-state index contributed by atoms with van der Waals surface area (Å²) in [7, 11) is 1.83. The summed E-state index contributed by atoms with van der Waals surface area (Å²) >= 11 is 0. The number of carbonyl (C=O) groups is 1. The number of imidazole rings is 1. The molecule has 1 amide bonds. The van der Waals surface area contributed by atoms with Crippen LogP contribution in [-0.2, 0) is 7.05 Å². The van der Waals surface area contributed by atoms with Crippen molar-refractivity contribution in [3.8, 4) is 0 Å². The quantitative estimate of drug-likeness (QED) is 0.758. The number of aryl methyl sites for hydroxylation is 2. The van der Waals surface area contributed by atoms with Gasteiger partial charge in [-0.2, -0.15) is 0 Å². The number of aliphatic hydroxyl groups excluding tert-OH is 1. The Labute approximate surface area is 126 Å². The van der Waals surface area contributed by atoms with E-state index in [9.17, 15) is 9.90 Å². The molecule has 21 heavy (non-hydrogen) atoms. The molecule has 0 spiro atoms. The predicted octanol–water partition coefficient (Wildman–Crippen LogP) is 0.695. The molecule has 2 rings (SSSR count). The van der Waals surface area contributed by atoms with Crippen molar-refractivity contribution in [3.05, 3.63) is 17.7 Å². The number of aromatic nitrogens is 2. The molecule has 1 atom stereocenters. The molecule has 0 aliphatic carbocycles. The summed E-state index contributed by atoms with van der Waals surface area (Å²) in [5.41, 5.74) is 1.38. The zero-order chi connectivity index (χ0) is 15.2. The maximum absolute atomic E-state index is 12.1. The Kier molecular flexibility index (Phi) is 5.76. The van der Waals surface area contributed by atoms with Crippen LogP contribution < -0.4 is 5.32 Å². The first-order valence-electron chi connectivity index (χ1n) is 7.74. The number of rotatable bonds is 6. The van der Waals surface area contributed by atoms with E-state index < -0.39 is 0 Å². The lowest BCUT2D eigenvalue weighted by Crippen LogP contribution is -2.43. The Morgan fingerprint density at radius 2 is 2.33 bits per heavy atom. The maximum Gasteiger partial charge on any atom is 0.269 e. The second kappa shape index (κ2) is 7.56. The fraction of sp³-hybridized carbons (Fsp3) is 0.733. The number of hydrogen-bond acceptors (Lipinski definition) is 4. The van der Waals surface area contributed by atoms with Gasteiger partial charge >= 0.3 is 0 Å². The normalized spacial score (nSPS) is 19.7. The highest BCUT2D eigenvalue weighted by molar-refractivity contribution is 5.93. The topological polar surface area (TPSA) is 70.4 Å². The van der Waals surface area contributed by atoms with E-state index in [2.05, 4.69) is 15.2 Å². The lowest BCUT2D eigenvalue weighted by Gasteiger charge is -2.34. The Hall–Kier alpha value is -1.40. The van der Waals surface area contributed by atoms with Gasteiger partial charge in [-0.05, 0) is 32.7 Å². The fourth-order valence-corrected chi connectivity index (χ4v) is 3.00. The second-order valence-corrected chi connectivity index (χ2v) is 5.77. The molecule has 1 aliphatic rings. The van der Waals surface area contributed by atoms with Crippen molar-refractivity contribution in [3.63, 3.8) is 0 Å². The van der Waals surface area contributed by atoms with Gasteiger partial charge in [0, 0.05) is 26.2 Å². The van der Waals surface area contributed by atoms with E-state index in [4.69, 9.17) is 0 Å². The third kappa shape index (κ3) is 4.04. The van der Waals surface area contributed by atoms with Crippen molar-refractivity contribution in [2.45, 2.75) is 38.6 Å². The number of amides is 1. The maximum atomic E-state index is 12.1. The lowest BCUT2D eigenvalue weighted by molar-refractivity contribution is 0.0865. The van der Waals surface area contributed by atoms with Crippen LogP contribution in [0.1, 0.15) is 41.9 Å². The predicted molar refractivity (Wildman–Crippen MR) is 81.2 cm³/mol. The smallest absolute Gasteiger partial charge is 0.269 e. The van der Waals surface area contributed by atoms with Gasteiger partial charge in [-0.15, -0.1) is 0 Å². The van der Waals surface area contributed by atoms with Crippen LogP contribution in [0, 0.1) is 6.92 Å². The van der Waals surface area contributed by atoms with Crippen molar-refractivity contribution in [2.24, 2.45) is 7.05 Å². The van der Waals surface area contributed by atoms with E-state index >= 15 is 0 Å². The minimum atomic E-state index is -0.0650. The number of hydrogen-bond donors (Lipinski definition) is 2. The molecule has 1 saturated heterocycles. The van der Waals surface area contributed by atoms with Crippen LogP contribution >= 0.6 is 0 Å². The Morgan fingerprint density at radius 3 is 3.00 bits per heavy atom. The highest BCUT2D eigenvalue weighted by atomic mass is 16.3. The summed E-state index contributed by atoms with van der Waals surface area (Å²) < 4.78 is 1.75. The van der Waals surface area contributed by atoms with Gasteiger partial charge in [-0.3, -0.25) is 9.69 Å². The number of nitrogens with zero attached hydrogens (tertiary/aromatic N) is 3. The van der Waals surface area contributed by atoms with Gasteiger partial charge in [0.15, 0.2) is 0 Å². The van der Waals surface area contributed by atoms with Crippen molar-refractivity contribution in [1.82, 2.24) is 19.8 Å². The molecule has 0 aromatic carbocycles. The number of likely N-dealkylation sites (tertiary alicyclic amines) is 1. The molecule has 2 heterocycles. The van der Waals surface area contributed by atoms with Gasteiger partial charge < -0.3 is 15.0 Å². The first kappa shape index (κ1) is 16.0. The molecule has 1 unspecified atom stereocenters. The molecule has 118 valence electrons. The fourth-order valence-electron chi connectivity index (χ4n) is 3.00. The molecule has 1 aromatic rings. The summed E-state index contributed by atoms with van der Waals surface area (Å²) in [6, 6.07) is 0.300. The average Bonchev–Trinajstić information content (AvgIpc) is 2.83. The molecule has 1 aliphatic heterocycles. The van der Waals surface area contributed by atoms with Gasteiger partial charge in [0.25, 0.3) is 5.91 Å². The number of carbonyl (C=O) groups excluding carboxylic acids is 1.